The van der Waals surface area contributed by atoms with Gasteiger partial charge in [0.1, 0.15) is 5.75 Å². The van der Waals surface area contributed by atoms with Crippen LogP contribution in [0.4, 0.5) is 0 Å². The number of rotatable bonds is 6. The van der Waals surface area contributed by atoms with Gasteiger partial charge >= 0.3 is 0 Å². The molecule has 0 aliphatic rings. The minimum absolute atomic E-state index is 0.120. The zero-order valence-corrected chi connectivity index (χ0v) is 10.8. The van der Waals surface area contributed by atoms with Crippen LogP contribution >= 0.6 is 0 Å². The first-order chi connectivity index (χ1) is 8.17. The van der Waals surface area contributed by atoms with Crippen molar-refractivity contribution in [3.05, 3.63) is 29.3 Å². The second kappa shape index (κ2) is 6.93. The van der Waals surface area contributed by atoms with Crippen molar-refractivity contribution in [1.29, 1.82) is 5.26 Å². The molecule has 1 atom stereocenters. The quantitative estimate of drug-likeness (QED) is 0.820. The third-order valence-electron chi connectivity index (χ3n) is 2.60. The molecule has 0 saturated heterocycles. The number of aryl methyl sites for hydroxylation is 2. The van der Waals surface area contributed by atoms with E-state index < -0.39 is 0 Å². The summed E-state index contributed by atoms with van der Waals surface area (Å²) in [5.41, 5.74) is 2.37. The van der Waals surface area contributed by atoms with Gasteiger partial charge in [-0.3, -0.25) is 0 Å². The molecule has 0 spiro atoms. The molecule has 0 amide bonds. The molecule has 0 saturated carbocycles. The van der Waals surface area contributed by atoms with Crippen LogP contribution in [0, 0.1) is 25.2 Å². The first-order valence-electron chi connectivity index (χ1n) is 6.00. The van der Waals surface area contributed by atoms with E-state index in [1.807, 2.05) is 26.0 Å². The maximum atomic E-state index is 8.88. The fraction of sp³-hybridized carbons (Fsp3) is 0.500. The molecule has 17 heavy (non-hydrogen) atoms. The fourth-order valence-corrected chi connectivity index (χ4v) is 1.71. The number of nitriles is 1. The third kappa shape index (κ3) is 4.46. The van der Waals surface area contributed by atoms with Crippen LogP contribution in [0.1, 0.15) is 24.5 Å². The van der Waals surface area contributed by atoms with Crippen molar-refractivity contribution in [2.75, 3.05) is 13.2 Å². The number of benzene rings is 1. The van der Waals surface area contributed by atoms with Gasteiger partial charge in [-0.25, -0.2) is 0 Å². The van der Waals surface area contributed by atoms with E-state index in [-0.39, 0.29) is 6.04 Å². The first-order valence-corrected chi connectivity index (χ1v) is 6.00. The fourth-order valence-electron chi connectivity index (χ4n) is 1.71. The lowest BCUT2D eigenvalue weighted by atomic mass is 10.1. The van der Waals surface area contributed by atoms with Gasteiger partial charge in [0.25, 0.3) is 0 Å². The van der Waals surface area contributed by atoms with E-state index in [9.17, 15) is 0 Å². The minimum Gasteiger partial charge on any atom is -0.493 e. The summed E-state index contributed by atoms with van der Waals surface area (Å²) >= 11 is 0. The topological polar surface area (TPSA) is 45.0 Å². The Hall–Kier alpha value is -1.53. The largest absolute Gasteiger partial charge is 0.493 e. The lowest BCUT2D eigenvalue weighted by Gasteiger charge is -2.12. The highest BCUT2D eigenvalue weighted by molar-refractivity contribution is 5.35. The molecule has 0 bridgehead atoms. The minimum atomic E-state index is -0.120. The standard InChI is InChI=1S/C14H20N2O/c1-4-16-13(10-15)7-8-17-14-6-5-11(2)9-12(14)3/h5-6,9,13,16H,4,7-8H2,1-3H3. The van der Waals surface area contributed by atoms with Crippen LogP contribution in [0.25, 0.3) is 0 Å². The monoisotopic (exact) mass is 232 g/mol. The molecule has 0 aliphatic carbocycles. The molecule has 0 heterocycles. The van der Waals surface area contributed by atoms with E-state index in [1.54, 1.807) is 0 Å². The van der Waals surface area contributed by atoms with E-state index in [4.69, 9.17) is 10.00 Å². The molecule has 1 aromatic carbocycles. The summed E-state index contributed by atoms with van der Waals surface area (Å²) in [6, 6.07) is 8.22. The Balaban J connectivity index is 2.43. The molecule has 0 radical (unpaired) electrons. The number of nitrogens with zero attached hydrogens (tertiary/aromatic N) is 1. The van der Waals surface area contributed by atoms with E-state index in [0.717, 1.165) is 17.9 Å². The smallest absolute Gasteiger partial charge is 0.122 e. The van der Waals surface area contributed by atoms with Gasteiger partial charge in [0, 0.05) is 6.42 Å². The molecular formula is C14H20N2O. The van der Waals surface area contributed by atoms with Crippen LogP contribution in [0.2, 0.25) is 0 Å². The summed E-state index contributed by atoms with van der Waals surface area (Å²) in [4.78, 5) is 0. The van der Waals surface area contributed by atoms with Gasteiger partial charge in [0.2, 0.25) is 0 Å². The molecule has 0 aliphatic heterocycles. The van der Waals surface area contributed by atoms with E-state index in [0.29, 0.717) is 13.0 Å². The summed E-state index contributed by atoms with van der Waals surface area (Å²) in [5, 5.41) is 12.0. The van der Waals surface area contributed by atoms with Gasteiger partial charge in [-0.2, -0.15) is 5.26 Å². The molecule has 1 N–H and O–H groups in total. The number of hydrogen-bond donors (Lipinski definition) is 1. The molecule has 0 fully saturated rings. The summed E-state index contributed by atoms with van der Waals surface area (Å²) in [5.74, 6) is 0.906. The highest BCUT2D eigenvalue weighted by Crippen LogP contribution is 2.18. The molecule has 3 nitrogen and oxygen atoms in total. The highest BCUT2D eigenvalue weighted by atomic mass is 16.5. The predicted octanol–water partition coefficient (Wildman–Crippen LogP) is 2.57. The molecule has 1 aromatic rings. The predicted molar refractivity (Wildman–Crippen MR) is 69.1 cm³/mol. The Morgan fingerprint density at radius 1 is 1.41 bits per heavy atom. The average Bonchev–Trinajstić information content (AvgIpc) is 2.30. The van der Waals surface area contributed by atoms with Gasteiger partial charge in [-0.05, 0) is 32.0 Å². The van der Waals surface area contributed by atoms with Gasteiger partial charge < -0.3 is 10.1 Å². The molecule has 0 aromatic heterocycles. The van der Waals surface area contributed by atoms with Crippen molar-refractivity contribution < 1.29 is 4.74 Å². The van der Waals surface area contributed by atoms with E-state index >= 15 is 0 Å². The number of ether oxygens (including phenoxy) is 1. The second-order valence-corrected chi connectivity index (χ2v) is 4.15. The van der Waals surface area contributed by atoms with E-state index in [1.165, 1.54) is 5.56 Å². The van der Waals surface area contributed by atoms with Crippen LogP contribution in [0.5, 0.6) is 5.75 Å². The van der Waals surface area contributed by atoms with Crippen molar-refractivity contribution in [3.63, 3.8) is 0 Å². The van der Waals surface area contributed by atoms with Gasteiger partial charge in [0.05, 0.1) is 18.7 Å². The van der Waals surface area contributed by atoms with Crippen LogP contribution in [-0.2, 0) is 0 Å². The maximum Gasteiger partial charge on any atom is 0.122 e. The van der Waals surface area contributed by atoms with Crippen molar-refractivity contribution in [3.8, 4) is 11.8 Å². The lowest BCUT2D eigenvalue weighted by Crippen LogP contribution is -2.28. The molecule has 1 unspecified atom stereocenters. The zero-order chi connectivity index (χ0) is 12.7. The Bertz CT molecular complexity index is 396. The van der Waals surface area contributed by atoms with Crippen LogP contribution < -0.4 is 10.1 Å². The van der Waals surface area contributed by atoms with Gasteiger partial charge in [-0.1, -0.05) is 24.6 Å². The van der Waals surface area contributed by atoms with Gasteiger partial charge in [-0.15, -0.1) is 0 Å². The SMILES string of the molecule is CCNC(C#N)CCOc1ccc(C)cc1C. The highest BCUT2D eigenvalue weighted by Gasteiger charge is 2.06. The second-order valence-electron chi connectivity index (χ2n) is 4.15. The van der Waals surface area contributed by atoms with Crippen molar-refractivity contribution >= 4 is 0 Å². The lowest BCUT2D eigenvalue weighted by molar-refractivity contribution is 0.296. The van der Waals surface area contributed by atoms with Crippen LogP contribution in [-0.4, -0.2) is 19.2 Å². The van der Waals surface area contributed by atoms with Crippen molar-refractivity contribution in [1.82, 2.24) is 5.32 Å². The van der Waals surface area contributed by atoms with Crippen molar-refractivity contribution in [2.24, 2.45) is 0 Å². The molecular weight excluding hydrogens is 212 g/mol. The Morgan fingerprint density at radius 2 is 2.18 bits per heavy atom. The average molecular weight is 232 g/mol. The Morgan fingerprint density at radius 3 is 2.76 bits per heavy atom. The zero-order valence-electron chi connectivity index (χ0n) is 10.8. The molecule has 1 rings (SSSR count). The summed E-state index contributed by atoms with van der Waals surface area (Å²) in [6.45, 7) is 7.47. The molecule has 92 valence electrons. The summed E-state index contributed by atoms with van der Waals surface area (Å²) in [7, 11) is 0. The normalized spacial score (nSPS) is 11.9. The summed E-state index contributed by atoms with van der Waals surface area (Å²) in [6.07, 6.45) is 0.706. The third-order valence-corrected chi connectivity index (χ3v) is 2.60. The first kappa shape index (κ1) is 13.5. The Labute approximate surface area is 103 Å². The number of nitrogens with one attached hydrogen (secondary N) is 1. The Kier molecular flexibility index (Phi) is 5.51. The van der Waals surface area contributed by atoms with E-state index in [2.05, 4.69) is 24.4 Å². The maximum absolute atomic E-state index is 8.88. The molecule has 3 heteroatoms. The summed E-state index contributed by atoms with van der Waals surface area (Å²) < 4.78 is 5.68. The van der Waals surface area contributed by atoms with Crippen molar-refractivity contribution in [2.45, 2.75) is 33.2 Å². The van der Waals surface area contributed by atoms with Crippen LogP contribution in [0.15, 0.2) is 18.2 Å². The van der Waals surface area contributed by atoms with Crippen LogP contribution in [0.3, 0.4) is 0 Å². The number of hydrogen-bond acceptors (Lipinski definition) is 3. The van der Waals surface area contributed by atoms with Gasteiger partial charge in [0.15, 0.2) is 0 Å².